The molecule has 0 aromatic carbocycles. The molecule has 1 aliphatic rings. The first kappa shape index (κ1) is 12.1. The average Bonchev–Trinajstić information content (AvgIpc) is 2.56. The first-order valence-corrected chi connectivity index (χ1v) is 5.87. The highest BCUT2D eigenvalue weighted by atomic mass is 16.5. The number of hydrogen-bond acceptors (Lipinski definition) is 4. The molecule has 1 N–H and O–H groups in total. The molecule has 5 nitrogen and oxygen atoms in total. The van der Waals surface area contributed by atoms with Crippen LogP contribution in [-0.2, 0) is 11.2 Å². The lowest BCUT2D eigenvalue weighted by Crippen LogP contribution is -2.63. The van der Waals surface area contributed by atoms with Crippen molar-refractivity contribution in [3.8, 4) is 0 Å². The van der Waals surface area contributed by atoms with Gasteiger partial charge in [0.15, 0.2) is 0 Å². The van der Waals surface area contributed by atoms with Gasteiger partial charge in [0.25, 0.3) is 0 Å². The maximum atomic E-state index is 11.9. The molecule has 1 amide bonds. The number of likely N-dealkylation sites (tertiary alicyclic amines) is 1. The molecule has 0 bridgehead atoms. The van der Waals surface area contributed by atoms with Gasteiger partial charge in [-0.05, 0) is 20.3 Å². The van der Waals surface area contributed by atoms with Gasteiger partial charge in [-0.25, -0.2) is 0 Å². The molecule has 2 heterocycles. The van der Waals surface area contributed by atoms with E-state index in [1.165, 1.54) is 0 Å². The smallest absolute Gasteiger partial charge is 0.227 e. The van der Waals surface area contributed by atoms with E-state index in [1.54, 1.807) is 11.8 Å². The van der Waals surface area contributed by atoms with Crippen molar-refractivity contribution >= 4 is 5.91 Å². The first-order chi connectivity index (χ1) is 7.95. The molecule has 0 spiro atoms. The standard InChI is InChI=1S/C12H18N2O3/c1-4-12(16)6-14(7-12)11(15)5-10-8(2)13-17-9(10)3/h16H,4-7H2,1-3H3. The van der Waals surface area contributed by atoms with E-state index >= 15 is 0 Å². The molecule has 17 heavy (non-hydrogen) atoms. The summed E-state index contributed by atoms with van der Waals surface area (Å²) in [6, 6.07) is 0. The SMILES string of the molecule is CCC1(O)CN(C(=O)Cc2c(C)noc2C)C1. The van der Waals surface area contributed by atoms with Crippen molar-refractivity contribution in [2.24, 2.45) is 0 Å². The number of hydrogen-bond donors (Lipinski definition) is 1. The second-order valence-electron chi connectivity index (χ2n) is 4.81. The highest BCUT2D eigenvalue weighted by Gasteiger charge is 2.41. The third kappa shape index (κ3) is 2.20. The molecule has 1 aromatic heterocycles. The van der Waals surface area contributed by atoms with Crippen LogP contribution in [0.5, 0.6) is 0 Å². The maximum Gasteiger partial charge on any atom is 0.227 e. The minimum Gasteiger partial charge on any atom is -0.386 e. The molecule has 2 rings (SSSR count). The normalized spacial score (nSPS) is 18.0. The van der Waals surface area contributed by atoms with Gasteiger partial charge in [0.05, 0.1) is 30.8 Å². The number of nitrogens with zero attached hydrogens (tertiary/aromatic N) is 2. The first-order valence-electron chi connectivity index (χ1n) is 5.87. The predicted molar refractivity (Wildman–Crippen MR) is 61.5 cm³/mol. The molecule has 1 fully saturated rings. The Kier molecular flexibility index (Phi) is 2.95. The lowest BCUT2D eigenvalue weighted by molar-refractivity contribution is -0.155. The van der Waals surface area contributed by atoms with Crippen LogP contribution in [0.15, 0.2) is 4.52 Å². The molecule has 0 unspecified atom stereocenters. The molecule has 1 aromatic rings. The van der Waals surface area contributed by atoms with Gasteiger partial charge in [0.1, 0.15) is 5.76 Å². The molecular formula is C12H18N2O3. The Morgan fingerprint density at radius 2 is 2.18 bits per heavy atom. The van der Waals surface area contributed by atoms with Gasteiger partial charge < -0.3 is 14.5 Å². The molecule has 0 saturated carbocycles. The number of carbonyl (C=O) groups excluding carboxylic acids is 1. The topological polar surface area (TPSA) is 66.6 Å². The van der Waals surface area contributed by atoms with E-state index in [1.807, 2.05) is 13.8 Å². The van der Waals surface area contributed by atoms with Gasteiger partial charge in [-0.2, -0.15) is 0 Å². The summed E-state index contributed by atoms with van der Waals surface area (Å²) >= 11 is 0. The molecule has 5 heteroatoms. The number of aryl methyl sites for hydroxylation is 2. The van der Waals surface area contributed by atoms with E-state index < -0.39 is 5.60 Å². The van der Waals surface area contributed by atoms with Crippen LogP contribution in [0.4, 0.5) is 0 Å². The van der Waals surface area contributed by atoms with Gasteiger partial charge in [-0.15, -0.1) is 0 Å². The zero-order valence-electron chi connectivity index (χ0n) is 10.5. The van der Waals surface area contributed by atoms with Crippen molar-refractivity contribution in [2.45, 2.75) is 39.2 Å². The summed E-state index contributed by atoms with van der Waals surface area (Å²) in [4.78, 5) is 13.6. The summed E-state index contributed by atoms with van der Waals surface area (Å²) in [7, 11) is 0. The Bertz CT molecular complexity index is 413. The average molecular weight is 238 g/mol. The van der Waals surface area contributed by atoms with Crippen LogP contribution in [0.3, 0.4) is 0 Å². The summed E-state index contributed by atoms with van der Waals surface area (Å²) in [5.41, 5.74) is 0.957. The fraction of sp³-hybridized carbons (Fsp3) is 0.667. The van der Waals surface area contributed by atoms with Crippen molar-refractivity contribution in [1.82, 2.24) is 10.1 Å². The predicted octanol–water partition coefficient (Wildman–Crippen LogP) is 0.817. The largest absolute Gasteiger partial charge is 0.386 e. The van der Waals surface area contributed by atoms with Crippen molar-refractivity contribution in [3.63, 3.8) is 0 Å². The fourth-order valence-corrected chi connectivity index (χ4v) is 2.08. The number of rotatable bonds is 3. The lowest BCUT2D eigenvalue weighted by atomic mass is 9.90. The number of aromatic nitrogens is 1. The van der Waals surface area contributed by atoms with Crippen LogP contribution in [0.25, 0.3) is 0 Å². The second kappa shape index (κ2) is 4.14. The van der Waals surface area contributed by atoms with Crippen LogP contribution in [-0.4, -0.2) is 39.8 Å². The van der Waals surface area contributed by atoms with E-state index in [9.17, 15) is 9.90 Å². The number of β-amino-alcohol motifs (C(OH)–C–C–N with tert-alkyl or cyclic N) is 1. The summed E-state index contributed by atoms with van der Waals surface area (Å²) in [6.45, 7) is 6.44. The Hall–Kier alpha value is -1.36. The summed E-state index contributed by atoms with van der Waals surface area (Å²) < 4.78 is 5.02. The Morgan fingerprint density at radius 1 is 1.53 bits per heavy atom. The van der Waals surface area contributed by atoms with Gasteiger partial charge >= 0.3 is 0 Å². The Labute approximate surface area is 100 Å². The molecule has 0 radical (unpaired) electrons. The summed E-state index contributed by atoms with van der Waals surface area (Å²) in [6.07, 6.45) is 0.989. The number of amides is 1. The molecule has 94 valence electrons. The third-order valence-electron chi connectivity index (χ3n) is 3.49. The van der Waals surface area contributed by atoms with Gasteiger partial charge in [0.2, 0.25) is 5.91 Å². The van der Waals surface area contributed by atoms with Crippen LogP contribution in [0, 0.1) is 13.8 Å². The van der Waals surface area contributed by atoms with Crippen molar-refractivity contribution in [2.75, 3.05) is 13.1 Å². The number of aliphatic hydroxyl groups is 1. The zero-order valence-corrected chi connectivity index (χ0v) is 10.5. The van der Waals surface area contributed by atoms with E-state index in [2.05, 4.69) is 5.16 Å². The molecular weight excluding hydrogens is 220 g/mol. The maximum absolute atomic E-state index is 11.9. The fourth-order valence-electron chi connectivity index (χ4n) is 2.08. The van der Waals surface area contributed by atoms with Crippen molar-refractivity contribution < 1.29 is 14.4 Å². The highest BCUT2D eigenvalue weighted by molar-refractivity contribution is 5.80. The van der Waals surface area contributed by atoms with Crippen LogP contribution in [0.1, 0.15) is 30.4 Å². The Balaban J connectivity index is 1.96. The van der Waals surface area contributed by atoms with Gasteiger partial charge in [0, 0.05) is 5.56 Å². The lowest BCUT2D eigenvalue weighted by Gasteiger charge is -2.46. The zero-order chi connectivity index (χ0) is 12.6. The minimum absolute atomic E-state index is 0.0255. The van der Waals surface area contributed by atoms with E-state index in [0.717, 1.165) is 11.3 Å². The van der Waals surface area contributed by atoms with Crippen LogP contribution in [0.2, 0.25) is 0 Å². The quantitative estimate of drug-likeness (QED) is 0.846. The third-order valence-corrected chi connectivity index (χ3v) is 3.49. The molecule has 0 aliphatic carbocycles. The summed E-state index contributed by atoms with van der Waals surface area (Å²) in [5.74, 6) is 0.722. The van der Waals surface area contributed by atoms with Gasteiger partial charge in [-0.1, -0.05) is 12.1 Å². The van der Waals surface area contributed by atoms with E-state index in [-0.39, 0.29) is 5.91 Å². The van der Waals surface area contributed by atoms with Gasteiger partial charge in [-0.3, -0.25) is 4.79 Å². The summed E-state index contributed by atoms with van der Waals surface area (Å²) in [5, 5.41) is 13.7. The highest BCUT2D eigenvalue weighted by Crippen LogP contribution is 2.25. The number of carbonyl (C=O) groups is 1. The van der Waals surface area contributed by atoms with Crippen molar-refractivity contribution in [3.05, 3.63) is 17.0 Å². The van der Waals surface area contributed by atoms with E-state index in [4.69, 9.17) is 4.52 Å². The minimum atomic E-state index is -0.672. The Morgan fingerprint density at radius 3 is 2.65 bits per heavy atom. The van der Waals surface area contributed by atoms with Crippen LogP contribution >= 0.6 is 0 Å². The van der Waals surface area contributed by atoms with Crippen molar-refractivity contribution in [1.29, 1.82) is 0 Å². The van der Waals surface area contributed by atoms with E-state index in [0.29, 0.717) is 31.7 Å². The molecule has 0 atom stereocenters. The second-order valence-corrected chi connectivity index (χ2v) is 4.81. The molecule has 1 saturated heterocycles. The van der Waals surface area contributed by atoms with Crippen LogP contribution < -0.4 is 0 Å². The monoisotopic (exact) mass is 238 g/mol. The molecule has 1 aliphatic heterocycles.